The van der Waals surface area contributed by atoms with Crippen molar-refractivity contribution in [1.29, 1.82) is 0 Å². The Labute approximate surface area is 128 Å². The smallest absolute Gasteiger partial charge is 0.242 e. The van der Waals surface area contributed by atoms with E-state index in [1.165, 1.54) is 12.2 Å². The van der Waals surface area contributed by atoms with Crippen LogP contribution in [0, 0.1) is 0 Å². The quantitative estimate of drug-likeness (QED) is 0.492. The zero-order valence-corrected chi connectivity index (χ0v) is 11.7. The van der Waals surface area contributed by atoms with Crippen LogP contribution in [-0.2, 0) is 19.4 Å². The Kier molecular flexibility index (Phi) is 5.70. The summed E-state index contributed by atoms with van der Waals surface area (Å²) < 4.78 is 0. The third-order valence-electron chi connectivity index (χ3n) is 2.63. The van der Waals surface area contributed by atoms with E-state index in [1.807, 2.05) is 60.7 Å². The summed E-state index contributed by atoms with van der Waals surface area (Å²) in [5.41, 5.74) is 1.68. The van der Waals surface area contributed by atoms with Crippen LogP contribution in [0.5, 0.6) is 0 Å². The van der Waals surface area contributed by atoms with Crippen LogP contribution in [0.3, 0.4) is 0 Å². The molecule has 2 aromatic carbocycles. The van der Waals surface area contributed by atoms with Crippen molar-refractivity contribution in [3.63, 3.8) is 0 Å². The van der Waals surface area contributed by atoms with Gasteiger partial charge in [0.25, 0.3) is 0 Å². The zero-order chi connectivity index (χ0) is 15.6. The Hall–Kier alpha value is -3.14. The molecule has 0 amide bonds. The molecule has 4 nitrogen and oxygen atoms in total. The Morgan fingerprint density at radius 1 is 0.636 bits per heavy atom. The molecule has 0 aliphatic rings. The van der Waals surface area contributed by atoms with Gasteiger partial charge >= 0.3 is 11.9 Å². The molecular weight excluding hydrogens is 280 g/mol. The normalized spacial score (nSPS) is 10.7. The summed E-state index contributed by atoms with van der Waals surface area (Å²) in [4.78, 5) is 31.5. The van der Waals surface area contributed by atoms with Gasteiger partial charge in [-0.25, -0.2) is 19.4 Å². The molecule has 0 heterocycles. The highest BCUT2D eigenvalue weighted by atomic mass is 17.2. The molecule has 0 spiro atoms. The first-order valence-electron chi connectivity index (χ1n) is 6.63. The van der Waals surface area contributed by atoms with E-state index in [0.29, 0.717) is 0 Å². The highest BCUT2D eigenvalue weighted by Gasteiger charge is 2.03. The Balaban J connectivity index is 1.77. The molecule has 2 aromatic rings. The van der Waals surface area contributed by atoms with E-state index in [0.717, 1.165) is 11.1 Å². The summed E-state index contributed by atoms with van der Waals surface area (Å²) in [6.07, 6.45) is 5.50. The van der Waals surface area contributed by atoms with E-state index in [-0.39, 0.29) is 0 Å². The fourth-order valence-electron chi connectivity index (χ4n) is 1.59. The highest BCUT2D eigenvalue weighted by molar-refractivity contribution is 5.89. The van der Waals surface area contributed by atoms with Crippen molar-refractivity contribution in [2.75, 3.05) is 0 Å². The number of carbonyl (C=O) groups is 2. The van der Waals surface area contributed by atoms with Crippen LogP contribution in [0.25, 0.3) is 12.2 Å². The van der Waals surface area contributed by atoms with Gasteiger partial charge in [0.15, 0.2) is 0 Å². The minimum atomic E-state index is -0.759. The van der Waals surface area contributed by atoms with Crippen LogP contribution in [0.15, 0.2) is 72.8 Å². The van der Waals surface area contributed by atoms with E-state index < -0.39 is 11.9 Å². The van der Waals surface area contributed by atoms with Gasteiger partial charge in [-0.2, -0.15) is 0 Å². The van der Waals surface area contributed by atoms with Gasteiger partial charge in [-0.3, -0.25) is 0 Å². The molecule has 0 bridgehead atoms. The third kappa shape index (κ3) is 5.46. The lowest BCUT2D eigenvalue weighted by Gasteiger charge is -1.97. The number of benzene rings is 2. The van der Waals surface area contributed by atoms with Crippen molar-refractivity contribution in [2.24, 2.45) is 0 Å². The maximum Gasteiger partial charge on any atom is 0.379 e. The average Bonchev–Trinajstić information content (AvgIpc) is 2.58. The molecule has 0 saturated heterocycles. The SMILES string of the molecule is O=C(C=Cc1ccccc1)OOC(=O)C=Cc1ccccc1. The summed E-state index contributed by atoms with van der Waals surface area (Å²) in [6.45, 7) is 0. The second-order valence-electron chi connectivity index (χ2n) is 4.29. The van der Waals surface area contributed by atoms with Gasteiger partial charge in [-0.15, -0.1) is 0 Å². The van der Waals surface area contributed by atoms with Gasteiger partial charge in [0, 0.05) is 12.2 Å². The molecule has 0 fully saturated rings. The van der Waals surface area contributed by atoms with Crippen LogP contribution in [0.2, 0.25) is 0 Å². The first kappa shape index (κ1) is 15.3. The molecule has 0 atom stereocenters. The molecule has 2 rings (SSSR count). The lowest BCUT2D eigenvalue weighted by Crippen LogP contribution is -2.06. The summed E-state index contributed by atoms with van der Waals surface area (Å²) in [6, 6.07) is 18.5. The van der Waals surface area contributed by atoms with E-state index >= 15 is 0 Å². The van der Waals surface area contributed by atoms with Crippen LogP contribution in [0.1, 0.15) is 11.1 Å². The fraction of sp³-hybridized carbons (Fsp3) is 0. The van der Waals surface area contributed by atoms with Gasteiger partial charge < -0.3 is 0 Å². The van der Waals surface area contributed by atoms with E-state index in [2.05, 4.69) is 9.78 Å². The standard InChI is InChI=1S/C18H14O4/c19-17(13-11-15-7-3-1-4-8-15)21-22-18(20)14-12-16-9-5-2-6-10-16/h1-14H. The summed E-state index contributed by atoms with van der Waals surface area (Å²) in [5, 5.41) is 0. The first-order valence-corrected chi connectivity index (χ1v) is 6.63. The molecule has 4 heteroatoms. The Morgan fingerprint density at radius 2 is 1.00 bits per heavy atom. The third-order valence-corrected chi connectivity index (χ3v) is 2.63. The molecule has 0 aliphatic heterocycles. The van der Waals surface area contributed by atoms with Crippen molar-refractivity contribution in [2.45, 2.75) is 0 Å². The van der Waals surface area contributed by atoms with Crippen LogP contribution in [0.4, 0.5) is 0 Å². The lowest BCUT2D eigenvalue weighted by molar-refractivity contribution is -0.250. The first-order chi connectivity index (χ1) is 10.7. The molecule has 0 radical (unpaired) electrons. The van der Waals surface area contributed by atoms with Crippen molar-refractivity contribution < 1.29 is 19.4 Å². The molecule has 22 heavy (non-hydrogen) atoms. The van der Waals surface area contributed by atoms with Gasteiger partial charge in [0.2, 0.25) is 0 Å². The van der Waals surface area contributed by atoms with Crippen LogP contribution >= 0.6 is 0 Å². The predicted octanol–water partition coefficient (Wildman–Crippen LogP) is 3.41. The minimum absolute atomic E-state index is 0.759. The van der Waals surface area contributed by atoms with Crippen LogP contribution in [-0.4, -0.2) is 11.9 Å². The number of carbonyl (C=O) groups excluding carboxylic acids is 2. The number of rotatable bonds is 4. The Morgan fingerprint density at radius 3 is 1.36 bits per heavy atom. The summed E-state index contributed by atoms with van der Waals surface area (Å²) in [7, 11) is 0. The fourth-order valence-corrected chi connectivity index (χ4v) is 1.59. The van der Waals surface area contributed by atoms with E-state index in [4.69, 9.17) is 0 Å². The second kappa shape index (κ2) is 8.21. The average molecular weight is 294 g/mol. The molecule has 0 aliphatic carbocycles. The summed E-state index contributed by atoms with van der Waals surface area (Å²) >= 11 is 0. The van der Waals surface area contributed by atoms with Crippen molar-refractivity contribution in [1.82, 2.24) is 0 Å². The molecule has 0 saturated carbocycles. The zero-order valence-electron chi connectivity index (χ0n) is 11.7. The van der Waals surface area contributed by atoms with Gasteiger partial charge in [0.1, 0.15) is 0 Å². The summed E-state index contributed by atoms with van der Waals surface area (Å²) in [5.74, 6) is -1.52. The maximum absolute atomic E-state index is 11.4. The lowest BCUT2D eigenvalue weighted by atomic mass is 10.2. The Bertz CT molecular complexity index is 611. The van der Waals surface area contributed by atoms with Crippen LogP contribution < -0.4 is 0 Å². The topological polar surface area (TPSA) is 52.6 Å². The second-order valence-corrected chi connectivity index (χ2v) is 4.29. The van der Waals surface area contributed by atoms with Crippen molar-refractivity contribution >= 4 is 24.1 Å². The largest absolute Gasteiger partial charge is 0.379 e. The van der Waals surface area contributed by atoms with Gasteiger partial charge in [-0.1, -0.05) is 60.7 Å². The number of hydrogen-bond donors (Lipinski definition) is 0. The van der Waals surface area contributed by atoms with Gasteiger partial charge in [-0.05, 0) is 23.3 Å². The molecule has 0 aromatic heterocycles. The van der Waals surface area contributed by atoms with Crippen molar-refractivity contribution in [3.05, 3.63) is 83.9 Å². The molecular formula is C18H14O4. The van der Waals surface area contributed by atoms with E-state index in [1.54, 1.807) is 12.2 Å². The predicted molar refractivity (Wildman–Crippen MR) is 83.1 cm³/mol. The van der Waals surface area contributed by atoms with Gasteiger partial charge in [0.05, 0.1) is 0 Å². The highest BCUT2D eigenvalue weighted by Crippen LogP contribution is 2.02. The van der Waals surface area contributed by atoms with Crippen molar-refractivity contribution in [3.8, 4) is 0 Å². The molecule has 0 N–H and O–H groups in total. The molecule has 0 unspecified atom stereocenters. The minimum Gasteiger partial charge on any atom is -0.242 e. The molecule has 110 valence electrons. The van der Waals surface area contributed by atoms with E-state index in [9.17, 15) is 9.59 Å². The maximum atomic E-state index is 11.4. The monoisotopic (exact) mass is 294 g/mol. The number of hydrogen-bond acceptors (Lipinski definition) is 4.